The number of hydrogen-bond acceptors (Lipinski definition) is 4. The molecule has 98 valence electrons. The summed E-state index contributed by atoms with van der Waals surface area (Å²) in [5, 5.41) is 7.67. The van der Waals surface area contributed by atoms with Gasteiger partial charge in [0.15, 0.2) is 5.17 Å². The van der Waals surface area contributed by atoms with Crippen molar-refractivity contribution < 1.29 is 4.79 Å². The molecule has 1 atom stereocenters. The van der Waals surface area contributed by atoms with Crippen LogP contribution in [0.2, 0.25) is 0 Å². The van der Waals surface area contributed by atoms with Gasteiger partial charge in [0.2, 0.25) is 5.91 Å². The average Bonchev–Trinajstić information content (AvgIpc) is 2.75. The Bertz CT molecular complexity index is 279. The van der Waals surface area contributed by atoms with E-state index in [1.54, 1.807) is 11.8 Å². The first-order valence-corrected chi connectivity index (χ1v) is 7.23. The van der Waals surface area contributed by atoms with Crippen molar-refractivity contribution in [2.45, 2.75) is 38.9 Å². The van der Waals surface area contributed by atoms with Crippen molar-refractivity contribution in [3.63, 3.8) is 0 Å². The van der Waals surface area contributed by atoms with E-state index in [4.69, 9.17) is 0 Å². The van der Waals surface area contributed by atoms with Gasteiger partial charge in [-0.1, -0.05) is 32.5 Å². The van der Waals surface area contributed by atoms with Gasteiger partial charge in [0, 0.05) is 24.8 Å². The summed E-state index contributed by atoms with van der Waals surface area (Å²) in [4.78, 5) is 15.8. The van der Waals surface area contributed by atoms with Crippen LogP contribution in [-0.2, 0) is 4.79 Å². The van der Waals surface area contributed by atoms with E-state index in [0.717, 1.165) is 24.7 Å². The summed E-state index contributed by atoms with van der Waals surface area (Å²) in [7, 11) is 0. The number of nitrogens with one attached hydrogen (secondary N) is 2. The molecule has 0 aromatic rings. The molecule has 1 amide bonds. The fraction of sp³-hybridized carbons (Fsp3) is 0.833. The number of hydrogen-bond donors (Lipinski definition) is 2. The predicted octanol–water partition coefficient (Wildman–Crippen LogP) is 1.62. The molecule has 1 aliphatic heterocycles. The van der Waals surface area contributed by atoms with Crippen molar-refractivity contribution in [3.8, 4) is 0 Å². The van der Waals surface area contributed by atoms with Crippen molar-refractivity contribution in [1.82, 2.24) is 10.6 Å². The van der Waals surface area contributed by atoms with E-state index in [-0.39, 0.29) is 5.91 Å². The lowest BCUT2D eigenvalue weighted by Crippen LogP contribution is -2.29. The Kier molecular flexibility index (Phi) is 6.40. The third-order valence-corrected chi connectivity index (χ3v) is 4.11. The quantitative estimate of drug-likeness (QED) is 0.760. The molecular formula is C12H23N3OS. The fourth-order valence-electron chi connectivity index (χ4n) is 1.47. The zero-order chi connectivity index (χ0) is 12.7. The predicted molar refractivity (Wildman–Crippen MR) is 74.4 cm³/mol. The molecule has 0 fully saturated rings. The number of rotatable bonds is 6. The van der Waals surface area contributed by atoms with Crippen LogP contribution in [0.25, 0.3) is 0 Å². The molecule has 17 heavy (non-hydrogen) atoms. The molecule has 0 radical (unpaired) electrons. The molecule has 0 aromatic heterocycles. The van der Waals surface area contributed by atoms with E-state index in [1.165, 1.54) is 0 Å². The standard InChI is InChI=1S/C12H23N3OS/c1-4-6-13-11(16)5-7-14-12-15-8-10(17-12)9(2)3/h9-10H,4-8H2,1-3H3,(H,13,16)(H,14,15). The van der Waals surface area contributed by atoms with Gasteiger partial charge in [-0.25, -0.2) is 0 Å². The van der Waals surface area contributed by atoms with Crippen LogP contribution in [0.1, 0.15) is 33.6 Å². The molecule has 1 unspecified atom stereocenters. The highest BCUT2D eigenvalue weighted by Gasteiger charge is 2.22. The van der Waals surface area contributed by atoms with E-state index >= 15 is 0 Å². The van der Waals surface area contributed by atoms with Crippen molar-refractivity contribution in [2.24, 2.45) is 10.9 Å². The molecular weight excluding hydrogens is 234 g/mol. The zero-order valence-corrected chi connectivity index (χ0v) is 11.8. The van der Waals surface area contributed by atoms with Crippen molar-refractivity contribution in [1.29, 1.82) is 0 Å². The molecule has 0 aromatic carbocycles. The summed E-state index contributed by atoms with van der Waals surface area (Å²) in [6.45, 7) is 8.82. The highest BCUT2D eigenvalue weighted by atomic mass is 32.2. The zero-order valence-electron chi connectivity index (χ0n) is 11.0. The Labute approximate surface area is 108 Å². The van der Waals surface area contributed by atoms with Gasteiger partial charge in [0.1, 0.15) is 0 Å². The van der Waals surface area contributed by atoms with E-state index in [0.29, 0.717) is 24.1 Å². The minimum Gasteiger partial charge on any atom is -0.364 e. The number of amidine groups is 1. The molecule has 0 bridgehead atoms. The number of amides is 1. The minimum absolute atomic E-state index is 0.114. The second kappa shape index (κ2) is 7.58. The fourth-order valence-corrected chi connectivity index (χ4v) is 2.51. The van der Waals surface area contributed by atoms with Gasteiger partial charge >= 0.3 is 0 Å². The molecule has 5 heteroatoms. The molecule has 1 rings (SSSR count). The molecule has 0 aliphatic carbocycles. The number of thioether (sulfide) groups is 1. The van der Waals surface area contributed by atoms with Crippen molar-refractivity contribution >= 4 is 22.8 Å². The SMILES string of the molecule is CCCNC(=O)CCNC1=NCC(C(C)C)S1. The smallest absolute Gasteiger partial charge is 0.221 e. The summed E-state index contributed by atoms with van der Waals surface area (Å²) in [6.07, 6.45) is 1.50. The Hall–Kier alpha value is -0.710. The highest BCUT2D eigenvalue weighted by molar-refractivity contribution is 8.14. The van der Waals surface area contributed by atoms with Crippen LogP contribution in [0.5, 0.6) is 0 Å². The summed E-state index contributed by atoms with van der Waals surface area (Å²) in [5.41, 5.74) is 0. The van der Waals surface area contributed by atoms with Crippen LogP contribution in [0.4, 0.5) is 0 Å². The van der Waals surface area contributed by atoms with Crippen LogP contribution in [-0.4, -0.2) is 36.0 Å². The van der Waals surface area contributed by atoms with Gasteiger partial charge in [-0.2, -0.15) is 0 Å². The normalized spacial score (nSPS) is 19.3. The topological polar surface area (TPSA) is 53.5 Å². The molecule has 2 N–H and O–H groups in total. The average molecular weight is 257 g/mol. The first kappa shape index (κ1) is 14.4. The molecule has 0 spiro atoms. The van der Waals surface area contributed by atoms with Gasteiger partial charge in [-0.15, -0.1) is 0 Å². The first-order valence-electron chi connectivity index (χ1n) is 6.35. The van der Waals surface area contributed by atoms with Crippen LogP contribution < -0.4 is 10.6 Å². The molecule has 4 nitrogen and oxygen atoms in total. The monoisotopic (exact) mass is 257 g/mol. The molecule has 1 heterocycles. The molecule has 0 saturated heterocycles. The summed E-state index contributed by atoms with van der Waals surface area (Å²) >= 11 is 1.80. The van der Waals surface area contributed by atoms with Gasteiger partial charge in [-0.3, -0.25) is 9.79 Å². The van der Waals surface area contributed by atoms with E-state index in [9.17, 15) is 4.79 Å². The Balaban J connectivity index is 2.10. The minimum atomic E-state index is 0.114. The van der Waals surface area contributed by atoms with Gasteiger partial charge in [-0.05, 0) is 12.3 Å². The number of carbonyl (C=O) groups is 1. The summed E-state index contributed by atoms with van der Waals surface area (Å²) in [5.74, 6) is 0.763. The Morgan fingerprint density at radius 3 is 2.88 bits per heavy atom. The Morgan fingerprint density at radius 1 is 1.53 bits per heavy atom. The lowest BCUT2D eigenvalue weighted by atomic mass is 10.1. The third kappa shape index (κ3) is 5.44. The summed E-state index contributed by atoms with van der Waals surface area (Å²) < 4.78 is 0. The maximum Gasteiger partial charge on any atom is 0.221 e. The van der Waals surface area contributed by atoms with Gasteiger partial charge < -0.3 is 10.6 Å². The second-order valence-electron chi connectivity index (χ2n) is 4.57. The lowest BCUT2D eigenvalue weighted by Gasteiger charge is -2.12. The lowest BCUT2D eigenvalue weighted by molar-refractivity contribution is -0.120. The van der Waals surface area contributed by atoms with E-state index in [1.807, 2.05) is 0 Å². The van der Waals surface area contributed by atoms with Crippen LogP contribution in [0.3, 0.4) is 0 Å². The highest BCUT2D eigenvalue weighted by Crippen LogP contribution is 2.25. The Morgan fingerprint density at radius 2 is 2.29 bits per heavy atom. The van der Waals surface area contributed by atoms with Gasteiger partial charge in [0.05, 0.1) is 6.54 Å². The van der Waals surface area contributed by atoms with Crippen molar-refractivity contribution in [3.05, 3.63) is 0 Å². The number of aliphatic imine (C=N–C) groups is 1. The molecule has 0 saturated carbocycles. The number of nitrogens with zero attached hydrogens (tertiary/aromatic N) is 1. The third-order valence-electron chi connectivity index (χ3n) is 2.62. The van der Waals surface area contributed by atoms with Gasteiger partial charge in [0.25, 0.3) is 0 Å². The van der Waals surface area contributed by atoms with Crippen molar-refractivity contribution in [2.75, 3.05) is 19.6 Å². The number of carbonyl (C=O) groups excluding carboxylic acids is 1. The van der Waals surface area contributed by atoms with Crippen LogP contribution in [0.15, 0.2) is 4.99 Å². The van der Waals surface area contributed by atoms with Crippen LogP contribution in [0, 0.1) is 5.92 Å². The largest absolute Gasteiger partial charge is 0.364 e. The first-order chi connectivity index (χ1) is 8.13. The maximum atomic E-state index is 11.4. The second-order valence-corrected chi connectivity index (χ2v) is 5.80. The summed E-state index contributed by atoms with van der Waals surface area (Å²) in [6, 6.07) is 0. The van der Waals surface area contributed by atoms with E-state index < -0.39 is 0 Å². The van der Waals surface area contributed by atoms with E-state index in [2.05, 4.69) is 36.4 Å². The molecule has 1 aliphatic rings. The van der Waals surface area contributed by atoms with Crippen LogP contribution >= 0.6 is 11.8 Å². The maximum absolute atomic E-state index is 11.4.